The minimum absolute atomic E-state index is 0.0196. The smallest absolute Gasteiger partial charge is 0.270 e. The van der Waals surface area contributed by atoms with E-state index < -0.39 is 0 Å². The van der Waals surface area contributed by atoms with Gasteiger partial charge in [-0.25, -0.2) is 0 Å². The lowest BCUT2D eigenvalue weighted by atomic mass is 10.0. The van der Waals surface area contributed by atoms with Gasteiger partial charge in [0.1, 0.15) is 5.69 Å². The Kier molecular flexibility index (Phi) is 6.00. The fourth-order valence-electron chi connectivity index (χ4n) is 3.81. The number of aromatic amines is 1. The van der Waals surface area contributed by atoms with Crippen LogP contribution in [-0.4, -0.2) is 40.8 Å². The van der Waals surface area contributed by atoms with Crippen molar-refractivity contribution < 1.29 is 9.59 Å². The molecule has 0 aliphatic carbocycles. The van der Waals surface area contributed by atoms with Crippen LogP contribution < -0.4 is 5.32 Å². The molecular formula is C23H24BrN3O2. The van der Waals surface area contributed by atoms with E-state index in [-0.39, 0.29) is 17.9 Å². The number of hydrogen-bond acceptors (Lipinski definition) is 2. The molecule has 3 aromatic rings. The first kappa shape index (κ1) is 19.7. The summed E-state index contributed by atoms with van der Waals surface area (Å²) in [5.74, 6) is 0.103. The van der Waals surface area contributed by atoms with E-state index >= 15 is 0 Å². The Hall–Kier alpha value is -2.60. The van der Waals surface area contributed by atoms with Gasteiger partial charge in [0.05, 0.1) is 0 Å². The molecule has 6 heteroatoms. The molecule has 4 rings (SSSR count). The minimum atomic E-state index is 0.0196. The van der Waals surface area contributed by atoms with E-state index in [1.54, 1.807) is 0 Å². The second kappa shape index (κ2) is 8.82. The van der Waals surface area contributed by atoms with E-state index in [2.05, 4.69) is 26.2 Å². The van der Waals surface area contributed by atoms with Gasteiger partial charge < -0.3 is 15.2 Å². The van der Waals surface area contributed by atoms with Gasteiger partial charge in [-0.3, -0.25) is 9.59 Å². The highest BCUT2D eigenvalue weighted by atomic mass is 79.9. The van der Waals surface area contributed by atoms with Crippen LogP contribution in [0.5, 0.6) is 0 Å². The van der Waals surface area contributed by atoms with Crippen LogP contribution in [0.3, 0.4) is 0 Å². The standard InChI is InChI=1S/C23H24BrN3O2/c24-18-8-7-17-14-21(26-20(17)15-18)23(29)27-12-10-19(11-13-27)25-22(28)9-6-16-4-2-1-3-5-16/h1-5,7-8,14-15,19,26H,6,9-13H2,(H,25,28). The van der Waals surface area contributed by atoms with Crippen LogP contribution in [0, 0.1) is 0 Å². The fourth-order valence-corrected chi connectivity index (χ4v) is 4.18. The van der Waals surface area contributed by atoms with Crippen molar-refractivity contribution in [1.29, 1.82) is 0 Å². The van der Waals surface area contributed by atoms with E-state index in [1.807, 2.05) is 59.5 Å². The largest absolute Gasteiger partial charge is 0.353 e. The molecule has 1 saturated heterocycles. The van der Waals surface area contributed by atoms with E-state index in [4.69, 9.17) is 0 Å². The lowest BCUT2D eigenvalue weighted by Crippen LogP contribution is -2.46. The number of hydrogen-bond donors (Lipinski definition) is 2. The number of nitrogens with zero attached hydrogens (tertiary/aromatic N) is 1. The summed E-state index contributed by atoms with van der Waals surface area (Å²) >= 11 is 3.46. The molecule has 2 heterocycles. The number of nitrogens with one attached hydrogen (secondary N) is 2. The van der Waals surface area contributed by atoms with Crippen molar-refractivity contribution >= 4 is 38.6 Å². The van der Waals surface area contributed by atoms with E-state index in [0.29, 0.717) is 25.2 Å². The maximum atomic E-state index is 12.8. The van der Waals surface area contributed by atoms with Gasteiger partial charge in [0.15, 0.2) is 0 Å². The third-order valence-corrected chi connectivity index (χ3v) is 5.94. The first-order chi connectivity index (χ1) is 14.1. The summed E-state index contributed by atoms with van der Waals surface area (Å²) in [5.41, 5.74) is 2.74. The van der Waals surface area contributed by atoms with Crippen LogP contribution in [0.25, 0.3) is 10.9 Å². The monoisotopic (exact) mass is 453 g/mol. The molecule has 2 amide bonds. The highest BCUT2D eigenvalue weighted by Gasteiger charge is 2.25. The summed E-state index contributed by atoms with van der Waals surface area (Å²) in [5, 5.41) is 4.15. The molecule has 1 fully saturated rings. The van der Waals surface area contributed by atoms with Gasteiger partial charge in [0.25, 0.3) is 5.91 Å². The van der Waals surface area contributed by atoms with Gasteiger partial charge >= 0.3 is 0 Å². The first-order valence-corrected chi connectivity index (χ1v) is 10.8. The number of piperidine rings is 1. The molecule has 2 N–H and O–H groups in total. The lowest BCUT2D eigenvalue weighted by molar-refractivity contribution is -0.122. The molecule has 0 radical (unpaired) electrons. The number of carbonyl (C=O) groups is 2. The number of aromatic nitrogens is 1. The van der Waals surface area contributed by atoms with Crippen molar-refractivity contribution in [3.05, 3.63) is 70.3 Å². The molecule has 1 aromatic heterocycles. The summed E-state index contributed by atoms with van der Waals surface area (Å²) in [4.78, 5) is 30.2. The Bertz CT molecular complexity index is 1010. The molecule has 5 nitrogen and oxygen atoms in total. The topological polar surface area (TPSA) is 65.2 Å². The fraction of sp³-hybridized carbons (Fsp3) is 0.304. The van der Waals surface area contributed by atoms with Gasteiger partial charge in [0.2, 0.25) is 5.91 Å². The zero-order chi connectivity index (χ0) is 20.2. The molecule has 1 aliphatic rings. The molecular weight excluding hydrogens is 430 g/mol. The number of fused-ring (bicyclic) bond motifs is 1. The number of carbonyl (C=O) groups excluding carboxylic acids is 2. The molecule has 2 aromatic carbocycles. The Labute approximate surface area is 178 Å². The minimum Gasteiger partial charge on any atom is -0.353 e. The Balaban J connectivity index is 1.27. The molecule has 1 aliphatic heterocycles. The summed E-state index contributed by atoms with van der Waals surface area (Å²) in [7, 11) is 0. The van der Waals surface area contributed by atoms with Crippen LogP contribution in [0.2, 0.25) is 0 Å². The normalized spacial score (nSPS) is 14.9. The number of aryl methyl sites for hydroxylation is 1. The highest BCUT2D eigenvalue weighted by molar-refractivity contribution is 9.10. The van der Waals surface area contributed by atoms with E-state index in [0.717, 1.165) is 34.6 Å². The quantitative estimate of drug-likeness (QED) is 0.605. The Morgan fingerprint density at radius 3 is 2.59 bits per heavy atom. The van der Waals surface area contributed by atoms with Gasteiger partial charge in [-0.1, -0.05) is 52.3 Å². The number of amides is 2. The van der Waals surface area contributed by atoms with Gasteiger partial charge in [0, 0.05) is 40.9 Å². The Morgan fingerprint density at radius 2 is 1.83 bits per heavy atom. The maximum absolute atomic E-state index is 12.8. The lowest BCUT2D eigenvalue weighted by Gasteiger charge is -2.32. The molecule has 0 unspecified atom stereocenters. The van der Waals surface area contributed by atoms with Gasteiger partial charge in [-0.2, -0.15) is 0 Å². The number of halogens is 1. The SMILES string of the molecule is O=C(CCc1ccccc1)NC1CCN(C(=O)c2cc3ccc(Br)cc3[nH]2)CC1. The molecule has 0 spiro atoms. The zero-order valence-corrected chi connectivity index (χ0v) is 17.7. The number of H-pyrrole nitrogens is 1. The van der Waals surface area contributed by atoms with Crippen molar-refractivity contribution in [2.75, 3.05) is 13.1 Å². The van der Waals surface area contributed by atoms with Gasteiger partial charge in [-0.05, 0) is 43.0 Å². The summed E-state index contributed by atoms with van der Waals surface area (Å²) in [6.45, 7) is 1.31. The van der Waals surface area contributed by atoms with Crippen molar-refractivity contribution in [2.45, 2.75) is 31.7 Å². The predicted octanol–water partition coefficient (Wildman–Crippen LogP) is 4.28. The second-order valence-electron chi connectivity index (χ2n) is 7.53. The average molecular weight is 454 g/mol. The van der Waals surface area contributed by atoms with Crippen LogP contribution in [0.4, 0.5) is 0 Å². The summed E-state index contributed by atoms with van der Waals surface area (Å²) in [6.07, 6.45) is 2.82. The molecule has 0 atom stereocenters. The second-order valence-corrected chi connectivity index (χ2v) is 8.45. The van der Waals surface area contributed by atoms with Gasteiger partial charge in [-0.15, -0.1) is 0 Å². The molecule has 29 heavy (non-hydrogen) atoms. The van der Waals surface area contributed by atoms with Crippen LogP contribution >= 0.6 is 15.9 Å². The third kappa shape index (κ3) is 4.88. The van der Waals surface area contributed by atoms with E-state index in [9.17, 15) is 9.59 Å². The molecule has 0 bridgehead atoms. The third-order valence-electron chi connectivity index (χ3n) is 5.45. The Morgan fingerprint density at radius 1 is 1.07 bits per heavy atom. The summed E-state index contributed by atoms with van der Waals surface area (Å²) in [6, 6.07) is 18.0. The molecule has 0 saturated carbocycles. The highest BCUT2D eigenvalue weighted by Crippen LogP contribution is 2.22. The average Bonchev–Trinajstić information content (AvgIpc) is 3.16. The molecule has 150 valence electrons. The maximum Gasteiger partial charge on any atom is 0.270 e. The predicted molar refractivity (Wildman–Crippen MR) is 118 cm³/mol. The van der Waals surface area contributed by atoms with Crippen LogP contribution in [-0.2, 0) is 11.2 Å². The number of benzene rings is 2. The van der Waals surface area contributed by atoms with Crippen molar-refractivity contribution in [2.24, 2.45) is 0 Å². The van der Waals surface area contributed by atoms with Crippen LogP contribution in [0.1, 0.15) is 35.3 Å². The van der Waals surface area contributed by atoms with Crippen molar-refractivity contribution in [3.63, 3.8) is 0 Å². The number of rotatable bonds is 5. The van der Waals surface area contributed by atoms with E-state index in [1.165, 1.54) is 5.56 Å². The van der Waals surface area contributed by atoms with Crippen molar-refractivity contribution in [3.8, 4) is 0 Å². The number of likely N-dealkylation sites (tertiary alicyclic amines) is 1. The summed E-state index contributed by atoms with van der Waals surface area (Å²) < 4.78 is 0.981. The van der Waals surface area contributed by atoms with Crippen molar-refractivity contribution in [1.82, 2.24) is 15.2 Å². The van der Waals surface area contributed by atoms with Crippen LogP contribution in [0.15, 0.2) is 59.1 Å². The zero-order valence-electron chi connectivity index (χ0n) is 16.2. The first-order valence-electron chi connectivity index (χ1n) is 9.99.